The van der Waals surface area contributed by atoms with Gasteiger partial charge in [0.15, 0.2) is 0 Å². The Bertz CT molecular complexity index is 737. The monoisotopic (exact) mass is 395 g/mol. The Morgan fingerprint density at radius 1 is 1.22 bits per heavy atom. The zero-order chi connectivity index (χ0) is 19.9. The van der Waals surface area contributed by atoms with Crippen LogP contribution in [0.1, 0.15) is 50.6 Å². The number of nitrogens with one attached hydrogen (secondary N) is 2. The van der Waals surface area contributed by atoms with Crippen LogP contribution in [0.15, 0.2) is 30.3 Å². The second-order valence-electron chi connectivity index (χ2n) is 7.06. The Morgan fingerprint density at radius 2 is 1.93 bits per heavy atom. The second kappa shape index (κ2) is 9.85. The number of carbonyl (C=O) groups excluding carboxylic acids is 2. The van der Waals surface area contributed by atoms with Gasteiger partial charge < -0.3 is 10.2 Å². The first-order chi connectivity index (χ1) is 12.8. The van der Waals surface area contributed by atoms with Crippen molar-refractivity contribution in [2.75, 3.05) is 19.3 Å². The number of hydrogen-bond donors (Lipinski definition) is 2. The molecule has 1 aliphatic rings. The lowest BCUT2D eigenvalue weighted by molar-refractivity contribution is -0.135. The molecular weight excluding hydrogens is 366 g/mol. The number of benzene rings is 1. The Morgan fingerprint density at radius 3 is 2.56 bits per heavy atom. The van der Waals surface area contributed by atoms with Crippen molar-refractivity contribution in [3.8, 4) is 0 Å². The van der Waals surface area contributed by atoms with Crippen LogP contribution >= 0.6 is 0 Å². The highest BCUT2D eigenvalue weighted by molar-refractivity contribution is 7.88. The molecule has 0 radical (unpaired) electrons. The van der Waals surface area contributed by atoms with E-state index in [2.05, 4.69) is 10.0 Å². The van der Waals surface area contributed by atoms with Crippen LogP contribution in [0.2, 0.25) is 0 Å². The molecule has 0 bridgehead atoms. The molecule has 2 amide bonds. The number of nitrogens with zero attached hydrogens (tertiary/aromatic N) is 1. The van der Waals surface area contributed by atoms with E-state index in [-0.39, 0.29) is 30.3 Å². The number of amides is 2. The molecule has 0 aromatic heterocycles. The van der Waals surface area contributed by atoms with Crippen molar-refractivity contribution < 1.29 is 18.0 Å². The van der Waals surface area contributed by atoms with E-state index in [0.717, 1.165) is 31.1 Å². The lowest BCUT2D eigenvalue weighted by Crippen LogP contribution is -2.46. The maximum atomic E-state index is 13.0. The highest BCUT2D eigenvalue weighted by atomic mass is 32.2. The molecule has 1 heterocycles. The van der Waals surface area contributed by atoms with Crippen LogP contribution in [0.4, 0.5) is 0 Å². The van der Waals surface area contributed by atoms with E-state index in [9.17, 15) is 18.0 Å². The summed E-state index contributed by atoms with van der Waals surface area (Å²) in [6, 6.07) is 9.12. The molecular formula is C19H29N3O4S. The van der Waals surface area contributed by atoms with Gasteiger partial charge in [0.25, 0.3) is 0 Å². The summed E-state index contributed by atoms with van der Waals surface area (Å²) in [5, 5.41) is 2.87. The largest absolute Gasteiger partial charge is 0.349 e. The number of sulfonamides is 1. The summed E-state index contributed by atoms with van der Waals surface area (Å²) in [6.07, 6.45) is 4.76. The SMILES string of the molecule is CC(=O)N[C@H](CC(=O)N1CCCC[C@@H]1CCNS(C)(=O)=O)c1ccccc1. The molecule has 8 heteroatoms. The van der Waals surface area contributed by atoms with Gasteiger partial charge in [-0.15, -0.1) is 0 Å². The highest BCUT2D eigenvalue weighted by Gasteiger charge is 2.28. The summed E-state index contributed by atoms with van der Waals surface area (Å²) in [5.74, 6) is -0.189. The van der Waals surface area contributed by atoms with Crippen molar-refractivity contribution in [1.29, 1.82) is 0 Å². The van der Waals surface area contributed by atoms with E-state index >= 15 is 0 Å². The maximum absolute atomic E-state index is 13.0. The highest BCUT2D eigenvalue weighted by Crippen LogP contribution is 2.24. The summed E-state index contributed by atoms with van der Waals surface area (Å²) >= 11 is 0. The molecule has 2 rings (SSSR count). The minimum absolute atomic E-state index is 0.0124. The normalized spacial score (nSPS) is 18.7. The molecule has 27 heavy (non-hydrogen) atoms. The molecule has 1 aliphatic heterocycles. The van der Waals surface area contributed by atoms with E-state index in [1.807, 2.05) is 35.2 Å². The average Bonchev–Trinajstić information content (AvgIpc) is 2.61. The molecule has 2 N–H and O–H groups in total. The molecule has 0 aliphatic carbocycles. The van der Waals surface area contributed by atoms with Gasteiger partial charge in [0.1, 0.15) is 0 Å². The molecule has 7 nitrogen and oxygen atoms in total. The lowest BCUT2D eigenvalue weighted by Gasteiger charge is -2.37. The van der Waals surface area contributed by atoms with Crippen molar-refractivity contribution in [2.45, 2.75) is 51.1 Å². The predicted molar refractivity (Wildman–Crippen MR) is 104 cm³/mol. The van der Waals surface area contributed by atoms with Gasteiger partial charge in [-0.2, -0.15) is 0 Å². The van der Waals surface area contributed by atoms with Gasteiger partial charge in [-0.25, -0.2) is 13.1 Å². The summed E-state index contributed by atoms with van der Waals surface area (Å²) in [5.41, 5.74) is 0.897. The molecule has 0 spiro atoms. The molecule has 0 unspecified atom stereocenters. The second-order valence-corrected chi connectivity index (χ2v) is 8.89. The molecule has 150 valence electrons. The van der Waals surface area contributed by atoms with Crippen LogP contribution in [-0.2, 0) is 19.6 Å². The third kappa shape index (κ3) is 7.30. The fourth-order valence-electron chi connectivity index (χ4n) is 3.51. The van der Waals surface area contributed by atoms with Crippen molar-refractivity contribution in [1.82, 2.24) is 14.9 Å². The van der Waals surface area contributed by atoms with Crippen molar-refractivity contribution in [2.24, 2.45) is 0 Å². The van der Waals surface area contributed by atoms with E-state index in [1.165, 1.54) is 6.92 Å². The molecule has 1 fully saturated rings. The van der Waals surface area contributed by atoms with Gasteiger partial charge in [-0.3, -0.25) is 9.59 Å². The number of likely N-dealkylation sites (tertiary alicyclic amines) is 1. The minimum atomic E-state index is -3.23. The number of piperidine rings is 1. The zero-order valence-corrected chi connectivity index (χ0v) is 16.8. The maximum Gasteiger partial charge on any atom is 0.225 e. The number of rotatable bonds is 8. The van der Waals surface area contributed by atoms with Gasteiger partial charge >= 0.3 is 0 Å². The first-order valence-corrected chi connectivity index (χ1v) is 11.2. The average molecular weight is 396 g/mol. The Labute approximate surface area is 161 Å². The number of carbonyl (C=O) groups is 2. The quantitative estimate of drug-likeness (QED) is 0.698. The van der Waals surface area contributed by atoms with Crippen molar-refractivity contribution in [3.63, 3.8) is 0 Å². The smallest absolute Gasteiger partial charge is 0.225 e. The topological polar surface area (TPSA) is 95.6 Å². The number of hydrogen-bond acceptors (Lipinski definition) is 4. The predicted octanol–water partition coefficient (Wildman–Crippen LogP) is 1.57. The van der Waals surface area contributed by atoms with Crippen molar-refractivity contribution >= 4 is 21.8 Å². The van der Waals surface area contributed by atoms with Crippen molar-refractivity contribution in [3.05, 3.63) is 35.9 Å². The molecule has 1 aromatic rings. The Balaban J connectivity index is 2.03. The first kappa shape index (κ1) is 21.4. The molecule has 1 aromatic carbocycles. The van der Waals surface area contributed by atoms with E-state index in [0.29, 0.717) is 19.5 Å². The van der Waals surface area contributed by atoms with Gasteiger partial charge in [-0.1, -0.05) is 30.3 Å². The molecule has 1 saturated heterocycles. The fourth-order valence-corrected chi connectivity index (χ4v) is 4.00. The van der Waals surface area contributed by atoms with Gasteiger partial charge in [0.2, 0.25) is 21.8 Å². The van der Waals surface area contributed by atoms with E-state index < -0.39 is 10.0 Å². The standard InChI is InChI=1S/C19H29N3O4S/c1-15(23)21-18(16-8-4-3-5-9-16)14-19(24)22-13-7-6-10-17(22)11-12-20-27(2,25)26/h3-5,8-9,17-18,20H,6-7,10-14H2,1-2H3,(H,21,23)/t17-,18-/m1/s1. The minimum Gasteiger partial charge on any atom is -0.349 e. The molecule has 0 saturated carbocycles. The summed E-state index contributed by atoms with van der Waals surface area (Å²) in [6.45, 7) is 2.44. The van der Waals surface area contributed by atoms with Crippen LogP contribution in [0.25, 0.3) is 0 Å². The van der Waals surface area contributed by atoms with Crippen LogP contribution in [0.3, 0.4) is 0 Å². The van der Waals surface area contributed by atoms with Gasteiger partial charge in [0, 0.05) is 26.1 Å². The summed E-state index contributed by atoms with van der Waals surface area (Å²) in [4.78, 5) is 26.4. The fraction of sp³-hybridized carbons (Fsp3) is 0.579. The summed E-state index contributed by atoms with van der Waals surface area (Å²) in [7, 11) is -3.23. The zero-order valence-electron chi connectivity index (χ0n) is 16.0. The first-order valence-electron chi connectivity index (χ1n) is 9.32. The van der Waals surface area contributed by atoms with E-state index in [1.54, 1.807) is 0 Å². The van der Waals surface area contributed by atoms with Gasteiger partial charge in [-0.05, 0) is 31.2 Å². The van der Waals surface area contributed by atoms with Crippen LogP contribution in [0, 0.1) is 0 Å². The van der Waals surface area contributed by atoms with Gasteiger partial charge in [0.05, 0.1) is 18.7 Å². The van der Waals surface area contributed by atoms with Crippen LogP contribution in [-0.4, -0.2) is 50.5 Å². The van der Waals surface area contributed by atoms with Crippen LogP contribution < -0.4 is 10.0 Å². The Hall–Kier alpha value is -1.93. The Kier molecular flexibility index (Phi) is 7.79. The third-order valence-electron chi connectivity index (χ3n) is 4.75. The molecule has 2 atom stereocenters. The lowest BCUT2D eigenvalue weighted by atomic mass is 9.97. The van der Waals surface area contributed by atoms with E-state index in [4.69, 9.17) is 0 Å². The summed E-state index contributed by atoms with van der Waals surface area (Å²) < 4.78 is 25.0. The van der Waals surface area contributed by atoms with Crippen LogP contribution in [0.5, 0.6) is 0 Å². The third-order valence-corrected chi connectivity index (χ3v) is 5.48.